The molecule has 2 atom stereocenters. The maximum absolute atomic E-state index is 13.3. The van der Waals surface area contributed by atoms with Crippen LogP contribution in [-0.2, 0) is 14.8 Å². The van der Waals surface area contributed by atoms with Crippen molar-refractivity contribution in [2.75, 3.05) is 16.2 Å². The van der Waals surface area contributed by atoms with Gasteiger partial charge in [-0.3, -0.25) is 9.10 Å². The Hall–Kier alpha value is -3.39. The number of nitrogens with one attached hydrogen (secondary N) is 1. The van der Waals surface area contributed by atoms with Gasteiger partial charge in [0.1, 0.15) is 17.7 Å². The van der Waals surface area contributed by atoms with Crippen LogP contribution in [0.2, 0.25) is 0 Å². The minimum atomic E-state index is -3.96. The first-order valence-corrected chi connectivity index (χ1v) is 11.6. The summed E-state index contributed by atoms with van der Waals surface area (Å²) >= 11 is 0. The van der Waals surface area contributed by atoms with Crippen molar-refractivity contribution in [3.8, 4) is 5.75 Å². The molecule has 0 saturated heterocycles. The van der Waals surface area contributed by atoms with E-state index in [2.05, 4.69) is 5.32 Å². The van der Waals surface area contributed by atoms with Crippen LogP contribution in [0.25, 0.3) is 0 Å². The van der Waals surface area contributed by atoms with Crippen molar-refractivity contribution in [3.05, 3.63) is 84.2 Å². The molecule has 32 heavy (non-hydrogen) atoms. The summed E-state index contributed by atoms with van der Waals surface area (Å²) in [6.45, 7) is 3.66. The number of rotatable bonds is 5. The van der Waals surface area contributed by atoms with Gasteiger partial charge in [0.25, 0.3) is 10.0 Å². The molecule has 3 aromatic carbocycles. The number of carbonyl (C=O) groups is 1. The van der Waals surface area contributed by atoms with Crippen molar-refractivity contribution in [3.63, 3.8) is 0 Å². The first-order valence-electron chi connectivity index (χ1n) is 10.2. The van der Waals surface area contributed by atoms with Crippen LogP contribution in [-0.4, -0.2) is 27.0 Å². The first-order chi connectivity index (χ1) is 15.3. The lowest BCUT2D eigenvalue weighted by atomic mass is 10.0. The fourth-order valence-electron chi connectivity index (χ4n) is 3.58. The number of hydrogen-bond acceptors (Lipinski definition) is 4. The van der Waals surface area contributed by atoms with E-state index in [9.17, 15) is 17.6 Å². The standard InChI is InChI=1S/C24H23FN2O4S/c1-16-15-27(32(29,30)21-11-8-19(25)9-12-21)22-14-20(10-13-23(22)31-16)26-24(28)17(2)18-6-4-3-5-7-18/h3-14,16-17H,15H2,1-2H3,(H,26,28)/t16-,17+/m0/s1. The molecule has 1 aliphatic heterocycles. The van der Waals surface area contributed by atoms with E-state index >= 15 is 0 Å². The lowest BCUT2D eigenvalue weighted by Gasteiger charge is -2.34. The van der Waals surface area contributed by atoms with Crippen molar-refractivity contribution < 1.29 is 22.3 Å². The molecule has 1 amide bonds. The largest absolute Gasteiger partial charge is 0.487 e. The molecule has 0 unspecified atom stereocenters. The predicted octanol–water partition coefficient (Wildman–Crippen LogP) is 4.54. The normalized spacial score (nSPS) is 16.6. The van der Waals surface area contributed by atoms with Crippen molar-refractivity contribution in [1.82, 2.24) is 0 Å². The summed E-state index contributed by atoms with van der Waals surface area (Å²) < 4.78 is 46.9. The smallest absolute Gasteiger partial charge is 0.264 e. The van der Waals surface area contributed by atoms with Gasteiger partial charge in [-0.25, -0.2) is 12.8 Å². The minimum Gasteiger partial charge on any atom is -0.487 e. The lowest BCUT2D eigenvalue weighted by molar-refractivity contribution is -0.117. The zero-order chi connectivity index (χ0) is 22.9. The van der Waals surface area contributed by atoms with E-state index < -0.39 is 15.8 Å². The van der Waals surface area contributed by atoms with Crippen LogP contribution in [0.15, 0.2) is 77.7 Å². The maximum atomic E-state index is 13.3. The molecule has 1 heterocycles. The molecule has 0 fully saturated rings. The van der Waals surface area contributed by atoms with Crippen molar-refractivity contribution in [1.29, 1.82) is 0 Å². The highest BCUT2D eigenvalue weighted by Gasteiger charge is 2.33. The van der Waals surface area contributed by atoms with Gasteiger partial charge in [0.15, 0.2) is 0 Å². The Bertz CT molecular complexity index is 1230. The van der Waals surface area contributed by atoms with Crippen LogP contribution in [0.3, 0.4) is 0 Å². The maximum Gasteiger partial charge on any atom is 0.264 e. The highest BCUT2D eigenvalue weighted by atomic mass is 32.2. The Labute approximate surface area is 186 Å². The highest BCUT2D eigenvalue weighted by Crippen LogP contribution is 2.39. The molecule has 8 heteroatoms. The molecule has 6 nitrogen and oxygen atoms in total. The van der Waals surface area contributed by atoms with Gasteiger partial charge in [0.2, 0.25) is 5.91 Å². The third-order valence-corrected chi connectivity index (χ3v) is 7.13. The average molecular weight is 455 g/mol. The highest BCUT2D eigenvalue weighted by molar-refractivity contribution is 7.92. The Morgan fingerprint density at radius 2 is 1.78 bits per heavy atom. The number of nitrogens with zero attached hydrogens (tertiary/aromatic N) is 1. The lowest BCUT2D eigenvalue weighted by Crippen LogP contribution is -2.42. The van der Waals surface area contributed by atoms with Gasteiger partial charge in [0.05, 0.1) is 23.0 Å². The second kappa shape index (κ2) is 8.63. The van der Waals surface area contributed by atoms with E-state index in [-0.39, 0.29) is 29.4 Å². The number of amides is 1. The van der Waals surface area contributed by atoms with E-state index in [4.69, 9.17) is 4.74 Å². The quantitative estimate of drug-likeness (QED) is 0.614. The van der Waals surface area contributed by atoms with Crippen LogP contribution in [0.1, 0.15) is 25.3 Å². The molecule has 0 spiro atoms. The summed E-state index contributed by atoms with van der Waals surface area (Å²) in [6.07, 6.45) is -0.378. The van der Waals surface area contributed by atoms with E-state index in [1.807, 2.05) is 30.3 Å². The number of hydrogen-bond donors (Lipinski definition) is 1. The van der Waals surface area contributed by atoms with Crippen molar-refractivity contribution in [2.45, 2.75) is 30.8 Å². The Balaban J connectivity index is 1.65. The van der Waals surface area contributed by atoms with E-state index in [1.54, 1.807) is 32.0 Å². The molecule has 0 bridgehead atoms. The van der Waals surface area contributed by atoms with Crippen LogP contribution < -0.4 is 14.4 Å². The van der Waals surface area contributed by atoms with Gasteiger partial charge < -0.3 is 10.1 Å². The first kappa shape index (κ1) is 21.8. The zero-order valence-corrected chi connectivity index (χ0v) is 18.5. The third kappa shape index (κ3) is 4.31. The Morgan fingerprint density at radius 1 is 1.09 bits per heavy atom. The van der Waals surface area contributed by atoms with Gasteiger partial charge >= 0.3 is 0 Å². The van der Waals surface area contributed by atoms with Gasteiger partial charge in [-0.15, -0.1) is 0 Å². The van der Waals surface area contributed by atoms with Gasteiger partial charge in [-0.1, -0.05) is 30.3 Å². The molecule has 0 aromatic heterocycles. The molecule has 1 N–H and O–H groups in total. The number of carbonyl (C=O) groups excluding carboxylic acids is 1. The number of sulfonamides is 1. The second-order valence-electron chi connectivity index (χ2n) is 7.72. The number of anilines is 2. The molecular formula is C24H23FN2O4S. The predicted molar refractivity (Wildman–Crippen MR) is 121 cm³/mol. The number of halogens is 1. The molecule has 4 rings (SSSR count). The molecule has 0 radical (unpaired) electrons. The van der Waals surface area contributed by atoms with Crippen LogP contribution in [0.5, 0.6) is 5.75 Å². The second-order valence-corrected chi connectivity index (χ2v) is 9.58. The summed E-state index contributed by atoms with van der Waals surface area (Å²) in [4.78, 5) is 12.7. The summed E-state index contributed by atoms with van der Waals surface area (Å²) in [7, 11) is -3.96. The topological polar surface area (TPSA) is 75.7 Å². The van der Waals surface area contributed by atoms with E-state index in [0.717, 1.165) is 17.7 Å². The van der Waals surface area contributed by atoms with Crippen LogP contribution in [0, 0.1) is 5.82 Å². The summed E-state index contributed by atoms with van der Waals surface area (Å²) in [6, 6.07) is 19.0. The monoisotopic (exact) mass is 454 g/mol. The fourth-order valence-corrected chi connectivity index (χ4v) is 5.12. The molecule has 166 valence electrons. The Kier molecular flexibility index (Phi) is 5.88. The summed E-state index contributed by atoms with van der Waals surface area (Å²) in [5, 5.41) is 2.86. The van der Waals surface area contributed by atoms with Crippen LogP contribution >= 0.6 is 0 Å². The molecule has 1 aliphatic rings. The molecule has 0 aliphatic carbocycles. The third-order valence-electron chi connectivity index (χ3n) is 5.34. The van der Waals surface area contributed by atoms with Gasteiger partial charge in [0, 0.05) is 5.69 Å². The van der Waals surface area contributed by atoms with Gasteiger partial charge in [-0.05, 0) is 61.9 Å². The Morgan fingerprint density at radius 3 is 2.47 bits per heavy atom. The summed E-state index contributed by atoms with van der Waals surface area (Å²) in [5.41, 5.74) is 1.65. The van der Waals surface area contributed by atoms with Crippen molar-refractivity contribution >= 4 is 27.3 Å². The van der Waals surface area contributed by atoms with Crippen molar-refractivity contribution in [2.24, 2.45) is 0 Å². The summed E-state index contributed by atoms with van der Waals surface area (Å²) in [5.74, 6) is -0.725. The molecule has 0 saturated carbocycles. The van der Waals surface area contributed by atoms with E-state index in [0.29, 0.717) is 17.1 Å². The fraction of sp³-hybridized carbons (Fsp3) is 0.208. The number of benzene rings is 3. The SMILES string of the molecule is C[C@H]1CN(S(=O)(=O)c2ccc(F)cc2)c2cc(NC(=O)[C@H](C)c3ccccc3)ccc2O1. The molecule has 3 aromatic rings. The number of ether oxygens (including phenoxy) is 1. The minimum absolute atomic E-state index is 0.0221. The van der Waals surface area contributed by atoms with Crippen LogP contribution in [0.4, 0.5) is 15.8 Å². The van der Waals surface area contributed by atoms with Gasteiger partial charge in [-0.2, -0.15) is 0 Å². The average Bonchev–Trinajstić information content (AvgIpc) is 2.79. The zero-order valence-electron chi connectivity index (χ0n) is 17.7. The number of fused-ring (bicyclic) bond motifs is 1. The molecular weight excluding hydrogens is 431 g/mol. The van der Waals surface area contributed by atoms with E-state index in [1.165, 1.54) is 16.4 Å².